The van der Waals surface area contributed by atoms with Gasteiger partial charge in [0.15, 0.2) is 17.2 Å². The predicted molar refractivity (Wildman–Crippen MR) is 106 cm³/mol. The second-order valence-corrected chi connectivity index (χ2v) is 7.43. The summed E-state index contributed by atoms with van der Waals surface area (Å²) in [6.45, 7) is 1.25. The average molecular weight is 423 g/mol. The standard InChI is InChI=1S/C21H15ClN4O4/c22-15-4-2-1-3-14(15)20-23-21(30-25-20)16-8-13-10-27-19(9-26(13)24-16)12-5-6-17-18(7-12)29-11-28-17/h1-8,19H,9-11H2. The van der Waals surface area contributed by atoms with E-state index in [1.165, 1.54) is 0 Å². The van der Waals surface area contributed by atoms with Crippen molar-refractivity contribution in [3.05, 3.63) is 64.8 Å². The van der Waals surface area contributed by atoms with Crippen molar-refractivity contribution in [1.82, 2.24) is 19.9 Å². The van der Waals surface area contributed by atoms with E-state index in [4.69, 9.17) is 30.3 Å². The number of ether oxygens (including phenoxy) is 3. The zero-order valence-corrected chi connectivity index (χ0v) is 16.4. The second-order valence-electron chi connectivity index (χ2n) is 7.02. The molecule has 0 amide bonds. The molecule has 0 bridgehead atoms. The summed E-state index contributed by atoms with van der Waals surface area (Å²) in [6, 6.07) is 15.1. The monoisotopic (exact) mass is 422 g/mol. The Morgan fingerprint density at radius 2 is 1.93 bits per heavy atom. The Labute approximate surface area is 175 Å². The maximum Gasteiger partial charge on any atom is 0.278 e. The second kappa shape index (κ2) is 6.86. The van der Waals surface area contributed by atoms with Crippen LogP contribution in [0.4, 0.5) is 0 Å². The predicted octanol–water partition coefficient (Wildman–Crippen LogP) is 4.25. The molecule has 1 unspecified atom stereocenters. The van der Waals surface area contributed by atoms with Gasteiger partial charge in [-0.25, -0.2) is 0 Å². The molecule has 4 aromatic rings. The zero-order chi connectivity index (χ0) is 20.1. The van der Waals surface area contributed by atoms with E-state index in [1.54, 1.807) is 6.07 Å². The summed E-state index contributed by atoms with van der Waals surface area (Å²) in [5.74, 6) is 2.26. The van der Waals surface area contributed by atoms with Gasteiger partial charge in [-0.15, -0.1) is 0 Å². The van der Waals surface area contributed by atoms with Crippen LogP contribution in [0, 0.1) is 0 Å². The molecule has 0 radical (unpaired) electrons. The fourth-order valence-electron chi connectivity index (χ4n) is 3.62. The van der Waals surface area contributed by atoms with Crippen molar-refractivity contribution >= 4 is 11.6 Å². The van der Waals surface area contributed by atoms with Gasteiger partial charge >= 0.3 is 0 Å². The summed E-state index contributed by atoms with van der Waals surface area (Å²) >= 11 is 6.23. The maximum absolute atomic E-state index is 6.23. The fourth-order valence-corrected chi connectivity index (χ4v) is 3.84. The number of hydrogen-bond acceptors (Lipinski definition) is 7. The molecule has 2 aliphatic heterocycles. The van der Waals surface area contributed by atoms with E-state index in [2.05, 4.69) is 15.2 Å². The van der Waals surface area contributed by atoms with Crippen LogP contribution in [0.25, 0.3) is 23.0 Å². The Kier molecular flexibility index (Phi) is 4.00. The van der Waals surface area contributed by atoms with Gasteiger partial charge < -0.3 is 18.7 Å². The van der Waals surface area contributed by atoms with Gasteiger partial charge in [0.05, 0.1) is 23.9 Å². The molecule has 0 fully saturated rings. The molecule has 8 nitrogen and oxygen atoms in total. The summed E-state index contributed by atoms with van der Waals surface area (Å²) in [6.07, 6.45) is -0.138. The van der Waals surface area contributed by atoms with E-state index in [9.17, 15) is 0 Å². The summed E-state index contributed by atoms with van der Waals surface area (Å²) in [7, 11) is 0. The van der Waals surface area contributed by atoms with Gasteiger partial charge in [-0.2, -0.15) is 10.1 Å². The Hall–Kier alpha value is -3.36. The van der Waals surface area contributed by atoms with E-state index in [-0.39, 0.29) is 12.9 Å². The van der Waals surface area contributed by atoms with Crippen molar-refractivity contribution in [2.24, 2.45) is 0 Å². The molecule has 1 atom stereocenters. The van der Waals surface area contributed by atoms with Gasteiger partial charge in [-0.05, 0) is 35.9 Å². The lowest BCUT2D eigenvalue weighted by Gasteiger charge is -2.24. The molecule has 2 aromatic carbocycles. The lowest BCUT2D eigenvalue weighted by molar-refractivity contribution is -0.00122. The SMILES string of the molecule is Clc1ccccc1-c1noc(-c2cc3n(n2)CC(c2ccc4c(c2)OCO4)OC3)n1. The van der Waals surface area contributed by atoms with Crippen LogP contribution in [0.2, 0.25) is 5.02 Å². The molecule has 0 spiro atoms. The number of nitrogens with zero attached hydrogens (tertiary/aromatic N) is 4. The van der Waals surface area contributed by atoms with E-state index in [0.29, 0.717) is 41.1 Å². The quantitative estimate of drug-likeness (QED) is 0.487. The van der Waals surface area contributed by atoms with Crippen LogP contribution >= 0.6 is 11.6 Å². The lowest BCUT2D eigenvalue weighted by Crippen LogP contribution is -2.21. The zero-order valence-electron chi connectivity index (χ0n) is 15.6. The third-order valence-electron chi connectivity index (χ3n) is 5.16. The third kappa shape index (κ3) is 2.92. The Morgan fingerprint density at radius 3 is 2.87 bits per heavy atom. The fraction of sp³-hybridized carbons (Fsp3) is 0.190. The number of hydrogen-bond donors (Lipinski definition) is 0. The smallest absolute Gasteiger partial charge is 0.278 e. The molecular weight excluding hydrogens is 408 g/mol. The minimum Gasteiger partial charge on any atom is -0.454 e. The van der Waals surface area contributed by atoms with E-state index in [1.807, 2.05) is 47.1 Å². The van der Waals surface area contributed by atoms with Crippen LogP contribution in [-0.2, 0) is 17.9 Å². The van der Waals surface area contributed by atoms with E-state index >= 15 is 0 Å². The van der Waals surface area contributed by atoms with E-state index in [0.717, 1.165) is 22.8 Å². The first-order chi connectivity index (χ1) is 14.7. The number of fused-ring (bicyclic) bond motifs is 2. The van der Waals surface area contributed by atoms with E-state index < -0.39 is 0 Å². The largest absolute Gasteiger partial charge is 0.454 e. The van der Waals surface area contributed by atoms with Crippen molar-refractivity contribution in [1.29, 1.82) is 0 Å². The molecule has 2 aliphatic rings. The number of halogens is 1. The highest BCUT2D eigenvalue weighted by molar-refractivity contribution is 6.33. The molecule has 6 rings (SSSR count). The molecule has 0 N–H and O–H groups in total. The third-order valence-corrected chi connectivity index (χ3v) is 5.49. The average Bonchev–Trinajstić information content (AvgIpc) is 3.51. The maximum atomic E-state index is 6.23. The molecule has 4 heterocycles. The summed E-state index contributed by atoms with van der Waals surface area (Å²) < 4.78 is 24.2. The topological polar surface area (TPSA) is 84.4 Å². The summed E-state index contributed by atoms with van der Waals surface area (Å²) in [4.78, 5) is 4.46. The van der Waals surface area contributed by atoms with Crippen LogP contribution in [0.5, 0.6) is 11.5 Å². The minimum atomic E-state index is -0.138. The first kappa shape index (κ1) is 17.5. The molecule has 0 aliphatic carbocycles. The van der Waals surface area contributed by atoms with Gasteiger partial charge in [-0.3, -0.25) is 4.68 Å². The van der Waals surface area contributed by atoms with Crippen molar-refractivity contribution in [2.75, 3.05) is 6.79 Å². The molecule has 0 saturated heterocycles. The normalized spacial score (nSPS) is 17.2. The van der Waals surface area contributed by atoms with Crippen molar-refractivity contribution in [3.63, 3.8) is 0 Å². The first-order valence-corrected chi connectivity index (χ1v) is 9.79. The molecule has 9 heteroatoms. The van der Waals surface area contributed by atoms with Crippen molar-refractivity contribution in [2.45, 2.75) is 19.3 Å². The van der Waals surface area contributed by atoms with Crippen LogP contribution in [0.15, 0.2) is 53.1 Å². The first-order valence-electron chi connectivity index (χ1n) is 9.41. The number of rotatable bonds is 3. The summed E-state index contributed by atoms with van der Waals surface area (Å²) in [5, 5.41) is 9.26. The van der Waals surface area contributed by atoms with Crippen LogP contribution < -0.4 is 9.47 Å². The Morgan fingerprint density at radius 1 is 1.03 bits per heavy atom. The number of benzene rings is 2. The molecular formula is C21H15ClN4O4. The molecule has 150 valence electrons. The van der Waals surface area contributed by atoms with Gasteiger partial charge in [0.2, 0.25) is 12.6 Å². The Bertz CT molecular complexity index is 1250. The van der Waals surface area contributed by atoms with Crippen LogP contribution in [0.1, 0.15) is 17.4 Å². The van der Waals surface area contributed by atoms with Crippen molar-refractivity contribution < 1.29 is 18.7 Å². The molecule has 30 heavy (non-hydrogen) atoms. The van der Waals surface area contributed by atoms with Gasteiger partial charge in [0.25, 0.3) is 5.89 Å². The van der Waals surface area contributed by atoms with Crippen LogP contribution in [-0.4, -0.2) is 26.7 Å². The highest BCUT2D eigenvalue weighted by Crippen LogP contribution is 2.37. The van der Waals surface area contributed by atoms with Gasteiger partial charge in [-0.1, -0.05) is 35.0 Å². The van der Waals surface area contributed by atoms with Gasteiger partial charge in [0, 0.05) is 5.56 Å². The minimum absolute atomic E-state index is 0.138. The highest BCUT2D eigenvalue weighted by atomic mass is 35.5. The van der Waals surface area contributed by atoms with Crippen molar-refractivity contribution in [3.8, 4) is 34.5 Å². The van der Waals surface area contributed by atoms with Gasteiger partial charge in [0.1, 0.15) is 6.10 Å². The molecule has 0 saturated carbocycles. The Balaban J connectivity index is 1.26. The number of aromatic nitrogens is 4. The van der Waals surface area contributed by atoms with Crippen LogP contribution in [0.3, 0.4) is 0 Å². The molecule has 2 aromatic heterocycles. The highest BCUT2D eigenvalue weighted by Gasteiger charge is 2.26. The summed E-state index contributed by atoms with van der Waals surface area (Å²) in [5.41, 5.74) is 3.27. The lowest BCUT2D eigenvalue weighted by atomic mass is 10.1.